The quantitative estimate of drug-likeness (QED) is 0.501. The van der Waals surface area contributed by atoms with Crippen LogP contribution in [0.5, 0.6) is 0 Å². The fraction of sp³-hybridized carbons (Fsp3) is 0.200. The molecule has 0 unspecified atom stereocenters. The van der Waals surface area contributed by atoms with Gasteiger partial charge in [0.15, 0.2) is 0 Å². The van der Waals surface area contributed by atoms with Crippen molar-refractivity contribution in [1.29, 1.82) is 0 Å². The molecule has 0 atom stereocenters. The van der Waals surface area contributed by atoms with Crippen molar-refractivity contribution >= 4 is 23.3 Å². The Bertz CT molecular complexity index is 529. The van der Waals surface area contributed by atoms with E-state index in [1.54, 1.807) is 0 Å². The second kappa shape index (κ2) is 5.21. The number of amides is 1. The third-order valence-electron chi connectivity index (χ3n) is 2.00. The number of hydrogen-bond donors (Lipinski definition) is 1. The highest BCUT2D eigenvalue weighted by atomic mass is 19.1. The van der Waals surface area contributed by atoms with Crippen molar-refractivity contribution in [2.24, 2.45) is 0 Å². The highest BCUT2D eigenvalue weighted by molar-refractivity contribution is 6.01. The number of esters is 1. The molecule has 0 aliphatic rings. The average molecular weight is 256 g/mol. The lowest BCUT2D eigenvalue weighted by Gasteiger charge is -2.08. The summed E-state index contributed by atoms with van der Waals surface area (Å²) in [6.45, 7) is 1.15. The number of anilines is 1. The number of ether oxygens (including phenoxy) is 1. The van der Waals surface area contributed by atoms with E-state index in [1.807, 2.05) is 0 Å². The standard InChI is InChI=1S/C10H9FN2O5/c1-5(14)12-8-4-7(11)9(13(16)17)3-6(8)10(15)18-2/h3-4H,1-2H3,(H,12,14). The van der Waals surface area contributed by atoms with Crippen molar-refractivity contribution in [3.63, 3.8) is 0 Å². The normalized spacial score (nSPS) is 9.72. The zero-order valence-corrected chi connectivity index (χ0v) is 9.52. The lowest BCUT2D eigenvalue weighted by molar-refractivity contribution is -0.387. The van der Waals surface area contributed by atoms with Crippen molar-refractivity contribution in [2.75, 3.05) is 12.4 Å². The molecule has 0 bridgehead atoms. The van der Waals surface area contributed by atoms with Gasteiger partial charge >= 0.3 is 11.7 Å². The monoisotopic (exact) mass is 256 g/mol. The number of carbonyl (C=O) groups excluding carboxylic acids is 2. The zero-order valence-electron chi connectivity index (χ0n) is 9.52. The molecular formula is C10H9FN2O5. The summed E-state index contributed by atoms with van der Waals surface area (Å²) in [5.74, 6) is -2.62. The van der Waals surface area contributed by atoms with Gasteiger partial charge in [-0.1, -0.05) is 0 Å². The van der Waals surface area contributed by atoms with Crippen molar-refractivity contribution in [1.82, 2.24) is 0 Å². The molecule has 0 fully saturated rings. The van der Waals surface area contributed by atoms with Crippen LogP contribution in [-0.2, 0) is 9.53 Å². The molecule has 7 nitrogen and oxygen atoms in total. The Hall–Kier alpha value is -2.51. The van der Waals surface area contributed by atoms with E-state index >= 15 is 0 Å². The minimum Gasteiger partial charge on any atom is -0.465 e. The van der Waals surface area contributed by atoms with Gasteiger partial charge in [0.05, 0.1) is 23.3 Å². The minimum absolute atomic E-state index is 0.183. The number of halogens is 1. The molecule has 8 heteroatoms. The summed E-state index contributed by atoms with van der Waals surface area (Å²) >= 11 is 0. The predicted octanol–water partition coefficient (Wildman–Crippen LogP) is 1.48. The number of nitro benzene ring substituents is 1. The van der Waals surface area contributed by atoms with E-state index in [0.717, 1.165) is 14.0 Å². The summed E-state index contributed by atoms with van der Waals surface area (Å²) in [6.07, 6.45) is 0. The van der Waals surface area contributed by atoms with Crippen molar-refractivity contribution in [2.45, 2.75) is 6.92 Å². The minimum atomic E-state index is -1.16. The summed E-state index contributed by atoms with van der Waals surface area (Å²) in [6, 6.07) is 1.41. The summed E-state index contributed by atoms with van der Waals surface area (Å²) in [7, 11) is 1.06. The van der Waals surface area contributed by atoms with Gasteiger partial charge in [0.25, 0.3) is 0 Å². The molecule has 96 valence electrons. The van der Waals surface area contributed by atoms with Gasteiger partial charge in [0.1, 0.15) is 0 Å². The van der Waals surface area contributed by atoms with E-state index in [2.05, 4.69) is 10.1 Å². The fourth-order valence-electron chi connectivity index (χ4n) is 1.27. The van der Waals surface area contributed by atoms with Gasteiger partial charge in [-0.15, -0.1) is 0 Å². The molecule has 1 aromatic rings. The highest BCUT2D eigenvalue weighted by Gasteiger charge is 2.22. The number of hydrogen-bond acceptors (Lipinski definition) is 5. The van der Waals surface area contributed by atoms with Crippen LogP contribution >= 0.6 is 0 Å². The second-order valence-electron chi connectivity index (χ2n) is 3.28. The molecule has 0 aromatic heterocycles. The highest BCUT2D eigenvalue weighted by Crippen LogP contribution is 2.26. The molecule has 1 aromatic carbocycles. The van der Waals surface area contributed by atoms with Gasteiger partial charge in [-0.2, -0.15) is 4.39 Å². The van der Waals surface area contributed by atoms with E-state index in [1.165, 1.54) is 0 Å². The number of nitrogens with zero attached hydrogens (tertiary/aromatic N) is 1. The molecule has 0 aliphatic heterocycles. The number of benzene rings is 1. The van der Waals surface area contributed by atoms with Crippen molar-refractivity contribution in [3.05, 3.63) is 33.6 Å². The number of carbonyl (C=O) groups is 2. The van der Waals surface area contributed by atoms with Gasteiger partial charge in [0.2, 0.25) is 11.7 Å². The van der Waals surface area contributed by atoms with E-state index in [9.17, 15) is 24.1 Å². The van der Waals surface area contributed by atoms with Gasteiger partial charge in [-0.05, 0) is 0 Å². The molecule has 1 rings (SSSR count). The van der Waals surface area contributed by atoms with Crippen LogP contribution in [0.2, 0.25) is 0 Å². The van der Waals surface area contributed by atoms with E-state index in [0.29, 0.717) is 12.1 Å². The van der Waals surface area contributed by atoms with Crippen molar-refractivity contribution in [3.8, 4) is 0 Å². The van der Waals surface area contributed by atoms with Crippen LogP contribution in [0.3, 0.4) is 0 Å². The second-order valence-corrected chi connectivity index (χ2v) is 3.28. The lowest BCUT2D eigenvalue weighted by atomic mass is 10.1. The van der Waals surface area contributed by atoms with Crippen LogP contribution in [0.15, 0.2) is 12.1 Å². The summed E-state index contributed by atoms with van der Waals surface area (Å²) in [5.41, 5.74) is -1.34. The van der Waals surface area contributed by atoms with Gasteiger partial charge in [-0.25, -0.2) is 4.79 Å². The molecule has 1 N–H and O–H groups in total. The van der Waals surface area contributed by atoms with Crippen LogP contribution < -0.4 is 5.32 Å². The lowest BCUT2D eigenvalue weighted by Crippen LogP contribution is -2.13. The topological polar surface area (TPSA) is 98.5 Å². The largest absolute Gasteiger partial charge is 0.465 e. The predicted molar refractivity (Wildman–Crippen MR) is 58.7 cm³/mol. The molecule has 0 spiro atoms. The molecule has 18 heavy (non-hydrogen) atoms. The third kappa shape index (κ3) is 2.78. The third-order valence-corrected chi connectivity index (χ3v) is 2.00. The van der Waals surface area contributed by atoms with Crippen LogP contribution in [0, 0.1) is 15.9 Å². The summed E-state index contributed by atoms with van der Waals surface area (Å²) < 4.78 is 17.8. The first-order valence-corrected chi connectivity index (χ1v) is 4.70. The number of nitrogens with one attached hydrogen (secondary N) is 1. The van der Waals surface area contributed by atoms with Gasteiger partial charge < -0.3 is 10.1 Å². The summed E-state index contributed by atoms with van der Waals surface area (Å²) in [4.78, 5) is 31.8. The smallest absolute Gasteiger partial charge is 0.340 e. The number of rotatable bonds is 3. The average Bonchev–Trinajstić information content (AvgIpc) is 2.27. The Morgan fingerprint density at radius 1 is 1.44 bits per heavy atom. The Morgan fingerprint density at radius 3 is 2.50 bits per heavy atom. The first-order chi connectivity index (χ1) is 8.36. The SMILES string of the molecule is COC(=O)c1cc([N+](=O)[O-])c(F)cc1NC(C)=O. The molecule has 0 heterocycles. The van der Waals surface area contributed by atoms with Gasteiger partial charge in [-0.3, -0.25) is 14.9 Å². The zero-order chi connectivity index (χ0) is 13.9. The Morgan fingerprint density at radius 2 is 2.06 bits per heavy atom. The number of nitro groups is 1. The van der Waals surface area contributed by atoms with Crippen LogP contribution in [-0.4, -0.2) is 23.9 Å². The first kappa shape index (κ1) is 13.6. The van der Waals surface area contributed by atoms with Crippen molar-refractivity contribution < 1.29 is 23.6 Å². The molecular weight excluding hydrogens is 247 g/mol. The molecule has 0 saturated heterocycles. The maximum Gasteiger partial charge on any atom is 0.340 e. The van der Waals surface area contributed by atoms with E-state index < -0.39 is 28.3 Å². The first-order valence-electron chi connectivity index (χ1n) is 4.70. The molecule has 1 amide bonds. The summed E-state index contributed by atoms with van der Waals surface area (Å²) in [5, 5.41) is 12.7. The van der Waals surface area contributed by atoms with Crippen LogP contribution in [0.25, 0.3) is 0 Å². The fourth-order valence-corrected chi connectivity index (χ4v) is 1.27. The Labute approximate surface area is 101 Å². The Balaban J connectivity index is 3.41. The van der Waals surface area contributed by atoms with Crippen LogP contribution in [0.4, 0.5) is 15.8 Å². The molecule has 0 saturated carbocycles. The maximum atomic E-state index is 13.4. The van der Waals surface area contributed by atoms with Gasteiger partial charge in [0, 0.05) is 19.1 Å². The van der Waals surface area contributed by atoms with E-state index in [-0.39, 0.29) is 11.3 Å². The molecule has 0 radical (unpaired) electrons. The van der Waals surface area contributed by atoms with E-state index in [4.69, 9.17) is 0 Å². The molecule has 0 aliphatic carbocycles. The number of methoxy groups -OCH3 is 1. The Kier molecular flexibility index (Phi) is 3.93. The maximum absolute atomic E-state index is 13.4. The van der Waals surface area contributed by atoms with Crippen LogP contribution in [0.1, 0.15) is 17.3 Å².